The highest BCUT2D eigenvalue weighted by molar-refractivity contribution is 5.85. The molecule has 0 aromatic rings. The van der Waals surface area contributed by atoms with Crippen LogP contribution in [0.5, 0.6) is 0 Å². The van der Waals surface area contributed by atoms with E-state index in [9.17, 15) is 9.59 Å². The van der Waals surface area contributed by atoms with E-state index >= 15 is 0 Å². The van der Waals surface area contributed by atoms with Crippen molar-refractivity contribution in [2.24, 2.45) is 5.92 Å². The summed E-state index contributed by atoms with van der Waals surface area (Å²) in [6.07, 6.45) is 5.01. The van der Waals surface area contributed by atoms with Gasteiger partial charge in [-0.15, -0.1) is 12.4 Å². The van der Waals surface area contributed by atoms with Gasteiger partial charge in [0, 0.05) is 24.9 Å². The minimum Gasteiger partial charge on any atom is -0.469 e. The summed E-state index contributed by atoms with van der Waals surface area (Å²) in [6.45, 7) is 3.75. The highest BCUT2D eigenvalue weighted by Gasteiger charge is 2.23. The number of amides is 1. The summed E-state index contributed by atoms with van der Waals surface area (Å²) in [5.74, 6) is 0.181. The second-order valence-corrected chi connectivity index (χ2v) is 5.25. The lowest BCUT2D eigenvalue weighted by Gasteiger charge is -2.27. The van der Waals surface area contributed by atoms with Crippen molar-refractivity contribution in [2.75, 3.05) is 20.2 Å². The van der Waals surface area contributed by atoms with Gasteiger partial charge in [0.1, 0.15) is 0 Å². The molecular weight excluding hydrogens is 280 g/mol. The van der Waals surface area contributed by atoms with Crippen molar-refractivity contribution in [3.05, 3.63) is 0 Å². The third-order valence-corrected chi connectivity index (χ3v) is 3.58. The summed E-state index contributed by atoms with van der Waals surface area (Å²) < 4.78 is 4.57. The van der Waals surface area contributed by atoms with E-state index in [2.05, 4.69) is 22.3 Å². The summed E-state index contributed by atoms with van der Waals surface area (Å²) in [5, 5.41) is 6.34. The Hall–Kier alpha value is -0.810. The fourth-order valence-corrected chi connectivity index (χ4v) is 2.40. The van der Waals surface area contributed by atoms with Gasteiger partial charge in [-0.05, 0) is 39.2 Å². The van der Waals surface area contributed by atoms with Gasteiger partial charge in [0.05, 0.1) is 7.11 Å². The molecule has 5 nitrogen and oxygen atoms in total. The first-order chi connectivity index (χ1) is 9.13. The molecule has 0 saturated carbocycles. The maximum absolute atomic E-state index is 11.9. The van der Waals surface area contributed by atoms with Gasteiger partial charge in [-0.2, -0.15) is 0 Å². The number of esters is 1. The van der Waals surface area contributed by atoms with Gasteiger partial charge in [-0.25, -0.2) is 0 Å². The van der Waals surface area contributed by atoms with Crippen LogP contribution in [0.15, 0.2) is 0 Å². The van der Waals surface area contributed by atoms with E-state index in [0.717, 1.165) is 38.6 Å². The van der Waals surface area contributed by atoms with E-state index < -0.39 is 0 Å². The zero-order valence-corrected chi connectivity index (χ0v) is 13.3. The van der Waals surface area contributed by atoms with Crippen LogP contribution in [0.3, 0.4) is 0 Å². The number of nitrogens with one attached hydrogen (secondary N) is 2. The number of carbonyl (C=O) groups excluding carboxylic acids is 2. The maximum atomic E-state index is 11.9. The molecule has 0 aromatic carbocycles. The molecule has 1 amide bonds. The highest BCUT2D eigenvalue weighted by Crippen LogP contribution is 2.15. The topological polar surface area (TPSA) is 67.4 Å². The van der Waals surface area contributed by atoms with Crippen molar-refractivity contribution in [2.45, 2.75) is 51.5 Å². The van der Waals surface area contributed by atoms with Crippen molar-refractivity contribution >= 4 is 24.3 Å². The summed E-state index contributed by atoms with van der Waals surface area (Å²) in [5.41, 5.74) is 0. The Morgan fingerprint density at radius 3 is 2.70 bits per heavy atom. The molecular formula is C14H27ClN2O3. The number of unbranched alkanes of at least 4 members (excludes halogenated alkanes) is 2. The Morgan fingerprint density at radius 2 is 2.05 bits per heavy atom. The normalized spacial score (nSPS) is 21.7. The molecule has 0 unspecified atom stereocenters. The number of rotatable bonds is 7. The Bertz CT molecular complexity index is 300. The van der Waals surface area contributed by atoms with Crippen LogP contribution < -0.4 is 10.6 Å². The van der Waals surface area contributed by atoms with E-state index in [1.54, 1.807) is 0 Å². The van der Waals surface area contributed by atoms with E-state index in [0.29, 0.717) is 19.0 Å². The molecule has 0 aromatic heterocycles. The Labute approximate surface area is 127 Å². The van der Waals surface area contributed by atoms with Crippen LogP contribution in [0.4, 0.5) is 0 Å². The second-order valence-electron chi connectivity index (χ2n) is 5.25. The first-order valence-electron chi connectivity index (χ1n) is 7.21. The molecule has 1 rings (SSSR count). The predicted molar refractivity (Wildman–Crippen MR) is 80.9 cm³/mol. The van der Waals surface area contributed by atoms with Gasteiger partial charge in [-0.3, -0.25) is 9.59 Å². The average molecular weight is 307 g/mol. The molecule has 20 heavy (non-hydrogen) atoms. The van der Waals surface area contributed by atoms with E-state index in [1.165, 1.54) is 7.11 Å². The molecule has 2 N–H and O–H groups in total. The van der Waals surface area contributed by atoms with Crippen molar-refractivity contribution in [1.82, 2.24) is 10.6 Å². The van der Waals surface area contributed by atoms with Gasteiger partial charge < -0.3 is 15.4 Å². The summed E-state index contributed by atoms with van der Waals surface area (Å²) in [7, 11) is 1.41. The van der Waals surface area contributed by atoms with Crippen molar-refractivity contribution < 1.29 is 14.3 Å². The lowest BCUT2D eigenvalue weighted by Crippen LogP contribution is -2.42. The van der Waals surface area contributed by atoms with Crippen LogP contribution in [0.1, 0.15) is 45.4 Å². The van der Waals surface area contributed by atoms with Crippen LogP contribution in [-0.4, -0.2) is 38.1 Å². The van der Waals surface area contributed by atoms with Gasteiger partial charge >= 0.3 is 5.97 Å². The molecule has 0 aliphatic carbocycles. The van der Waals surface area contributed by atoms with Gasteiger partial charge in [0.25, 0.3) is 0 Å². The van der Waals surface area contributed by atoms with Crippen molar-refractivity contribution in [3.8, 4) is 0 Å². The summed E-state index contributed by atoms with van der Waals surface area (Å²) >= 11 is 0. The van der Waals surface area contributed by atoms with Gasteiger partial charge in [0.15, 0.2) is 0 Å². The fourth-order valence-electron chi connectivity index (χ4n) is 2.40. The molecule has 118 valence electrons. The standard InChI is InChI=1S/C14H26N2O3.ClH/c1-11-10-12(7-9-15-11)14(18)16-8-5-3-4-6-13(17)19-2;/h11-12,15H,3-10H2,1-2H3,(H,16,18);1H/t11-,12-;/m0./s1. The maximum Gasteiger partial charge on any atom is 0.305 e. The SMILES string of the molecule is COC(=O)CCCCCNC(=O)[C@H]1CCN[C@@H](C)C1.Cl. The zero-order valence-electron chi connectivity index (χ0n) is 12.4. The van der Waals surface area contributed by atoms with E-state index in [1.807, 2.05) is 0 Å². The Balaban J connectivity index is 0.00000361. The number of ether oxygens (including phenoxy) is 1. The monoisotopic (exact) mass is 306 g/mol. The Kier molecular flexibility index (Phi) is 10.5. The quantitative estimate of drug-likeness (QED) is 0.554. The van der Waals surface area contributed by atoms with Crippen molar-refractivity contribution in [3.63, 3.8) is 0 Å². The second kappa shape index (κ2) is 10.9. The third-order valence-electron chi connectivity index (χ3n) is 3.58. The Morgan fingerprint density at radius 1 is 1.30 bits per heavy atom. The van der Waals surface area contributed by atoms with E-state index in [-0.39, 0.29) is 30.2 Å². The third kappa shape index (κ3) is 7.70. The molecule has 1 heterocycles. The predicted octanol–water partition coefficient (Wildman–Crippen LogP) is 1.65. The molecule has 1 saturated heterocycles. The number of carbonyl (C=O) groups is 2. The van der Waals surface area contributed by atoms with Crippen LogP contribution in [0, 0.1) is 5.92 Å². The lowest BCUT2D eigenvalue weighted by atomic mass is 9.92. The lowest BCUT2D eigenvalue weighted by molar-refractivity contribution is -0.140. The number of halogens is 1. The number of hydrogen-bond donors (Lipinski definition) is 2. The number of piperidine rings is 1. The highest BCUT2D eigenvalue weighted by atomic mass is 35.5. The van der Waals surface area contributed by atoms with Crippen LogP contribution in [-0.2, 0) is 14.3 Å². The molecule has 1 fully saturated rings. The molecule has 0 spiro atoms. The molecule has 6 heteroatoms. The van der Waals surface area contributed by atoms with Gasteiger partial charge in [0.2, 0.25) is 5.91 Å². The fraction of sp³-hybridized carbons (Fsp3) is 0.857. The molecule has 0 radical (unpaired) electrons. The molecule has 1 aliphatic rings. The van der Waals surface area contributed by atoms with Crippen LogP contribution in [0.25, 0.3) is 0 Å². The smallest absolute Gasteiger partial charge is 0.305 e. The molecule has 2 atom stereocenters. The zero-order chi connectivity index (χ0) is 14.1. The largest absolute Gasteiger partial charge is 0.469 e. The minimum atomic E-state index is -0.160. The first kappa shape index (κ1) is 19.2. The van der Waals surface area contributed by atoms with Gasteiger partial charge in [-0.1, -0.05) is 6.42 Å². The minimum absolute atomic E-state index is 0. The summed E-state index contributed by atoms with van der Waals surface area (Å²) in [4.78, 5) is 22.8. The number of methoxy groups -OCH3 is 1. The summed E-state index contributed by atoms with van der Waals surface area (Å²) in [6, 6.07) is 0.435. The molecule has 0 bridgehead atoms. The first-order valence-corrected chi connectivity index (χ1v) is 7.21. The van der Waals surface area contributed by atoms with E-state index in [4.69, 9.17) is 0 Å². The molecule has 1 aliphatic heterocycles. The van der Waals surface area contributed by atoms with Crippen molar-refractivity contribution in [1.29, 1.82) is 0 Å². The number of hydrogen-bond acceptors (Lipinski definition) is 4. The van der Waals surface area contributed by atoms with Crippen LogP contribution in [0.2, 0.25) is 0 Å². The average Bonchev–Trinajstić information content (AvgIpc) is 2.42. The van der Waals surface area contributed by atoms with Crippen LogP contribution >= 0.6 is 12.4 Å².